The van der Waals surface area contributed by atoms with Gasteiger partial charge < -0.3 is 20.2 Å². The van der Waals surface area contributed by atoms with Crippen LogP contribution in [0.25, 0.3) is 0 Å². The predicted octanol–water partition coefficient (Wildman–Crippen LogP) is 4.66. The third kappa shape index (κ3) is 5.84. The molecule has 2 N–H and O–H groups in total. The van der Waals surface area contributed by atoms with E-state index in [1.165, 1.54) is 5.56 Å². The van der Waals surface area contributed by atoms with Crippen LogP contribution in [0, 0.1) is 5.92 Å². The molecule has 0 radical (unpaired) electrons. The first-order valence-electron chi connectivity index (χ1n) is 12.4. The minimum Gasteiger partial charge on any atom is -0.481 e. The van der Waals surface area contributed by atoms with Gasteiger partial charge in [0.1, 0.15) is 0 Å². The van der Waals surface area contributed by atoms with Gasteiger partial charge in [0.05, 0.1) is 5.92 Å². The second kappa shape index (κ2) is 10.1. The summed E-state index contributed by atoms with van der Waals surface area (Å²) in [4.78, 5) is 41.1. The van der Waals surface area contributed by atoms with Crippen LogP contribution >= 0.6 is 0 Å². The van der Waals surface area contributed by atoms with Crippen LogP contribution in [-0.2, 0) is 28.0 Å². The molecule has 7 nitrogen and oxygen atoms in total. The molecule has 186 valence electrons. The number of hydrogen-bond acceptors (Lipinski definition) is 3. The molecule has 2 heterocycles. The summed E-state index contributed by atoms with van der Waals surface area (Å²) in [6.45, 7) is 8.04. The van der Waals surface area contributed by atoms with Gasteiger partial charge in [0, 0.05) is 37.8 Å². The number of benzene rings is 2. The van der Waals surface area contributed by atoms with E-state index in [1.54, 1.807) is 4.90 Å². The number of nitrogens with one attached hydrogen (secondary N) is 1. The number of para-hydroxylation sites is 1. The number of carbonyl (C=O) groups is 3. The molecule has 0 aliphatic carbocycles. The first kappa shape index (κ1) is 24.8. The van der Waals surface area contributed by atoms with Crippen molar-refractivity contribution in [2.75, 3.05) is 18.4 Å². The van der Waals surface area contributed by atoms with E-state index in [9.17, 15) is 19.5 Å². The fourth-order valence-corrected chi connectivity index (χ4v) is 4.96. The van der Waals surface area contributed by atoms with Crippen molar-refractivity contribution in [3.8, 4) is 0 Å². The number of carbonyl (C=O) groups excluding carboxylic acids is 2. The maximum Gasteiger partial charge on any atom is 0.322 e. The van der Waals surface area contributed by atoms with Gasteiger partial charge in [0.2, 0.25) is 5.91 Å². The number of carboxylic acids is 1. The molecule has 0 aromatic heterocycles. The van der Waals surface area contributed by atoms with Crippen molar-refractivity contribution in [1.82, 2.24) is 9.80 Å². The summed E-state index contributed by atoms with van der Waals surface area (Å²) < 4.78 is 0. The molecule has 35 heavy (non-hydrogen) atoms. The van der Waals surface area contributed by atoms with Crippen molar-refractivity contribution >= 4 is 23.6 Å². The Bertz CT molecular complexity index is 1080. The van der Waals surface area contributed by atoms with Crippen LogP contribution in [0.15, 0.2) is 48.5 Å². The zero-order chi connectivity index (χ0) is 25.2. The molecular formula is C28H35N3O4. The number of carboxylic acid groups (broad SMARTS) is 1. The molecule has 7 heteroatoms. The fraction of sp³-hybridized carbons (Fsp3) is 0.464. The highest BCUT2D eigenvalue weighted by atomic mass is 16.4. The van der Waals surface area contributed by atoms with E-state index in [2.05, 4.69) is 26.1 Å². The Kier molecular flexibility index (Phi) is 7.15. The number of rotatable bonds is 6. The molecule has 2 aliphatic rings. The Balaban J connectivity index is 1.32. The summed E-state index contributed by atoms with van der Waals surface area (Å²) in [6, 6.07) is 15.8. The van der Waals surface area contributed by atoms with Gasteiger partial charge in [0.15, 0.2) is 0 Å². The zero-order valence-corrected chi connectivity index (χ0v) is 20.8. The number of piperidine rings is 1. The minimum absolute atomic E-state index is 0.0153. The Morgan fingerprint density at radius 3 is 2.34 bits per heavy atom. The number of aliphatic carboxylic acids is 1. The van der Waals surface area contributed by atoms with E-state index in [-0.39, 0.29) is 29.8 Å². The topological polar surface area (TPSA) is 90.0 Å². The summed E-state index contributed by atoms with van der Waals surface area (Å²) in [5.74, 6) is -1.84. The summed E-state index contributed by atoms with van der Waals surface area (Å²) in [5, 5.41) is 12.7. The van der Waals surface area contributed by atoms with Crippen LogP contribution < -0.4 is 5.32 Å². The average molecular weight is 478 g/mol. The quantitative estimate of drug-likeness (QED) is 0.633. The number of hydrogen-bond donors (Lipinski definition) is 2. The minimum atomic E-state index is -0.947. The molecule has 1 atom stereocenters. The lowest BCUT2D eigenvalue weighted by molar-refractivity contribution is -0.146. The van der Waals surface area contributed by atoms with Gasteiger partial charge in [-0.2, -0.15) is 0 Å². The van der Waals surface area contributed by atoms with E-state index >= 15 is 0 Å². The van der Waals surface area contributed by atoms with Crippen LogP contribution in [-0.4, -0.2) is 51.9 Å². The number of nitrogens with zero attached hydrogens (tertiary/aromatic N) is 2. The lowest BCUT2D eigenvalue weighted by Crippen LogP contribution is -2.51. The van der Waals surface area contributed by atoms with Crippen LogP contribution in [0.1, 0.15) is 56.7 Å². The average Bonchev–Trinajstić information content (AvgIpc) is 2.83. The Morgan fingerprint density at radius 2 is 1.71 bits per heavy atom. The number of anilines is 1. The highest BCUT2D eigenvalue weighted by Gasteiger charge is 2.33. The standard InChI is InChI=1S/C28H35N3O4/c1-28(2,3)22-10-8-19(9-11-22)16-21(26(33)34)17-25(32)30-14-12-23(13-15-30)31-18-20-6-4-5-7-24(20)29-27(31)35/h4-11,21,23H,12-18H2,1-3H3,(H,29,35)(H,33,34)/t21-/m0/s1. The van der Waals surface area contributed by atoms with E-state index in [4.69, 9.17) is 0 Å². The van der Waals surface area contributed by atoms with E-state index < -0.39 is 11.9 Å². The Hall–Kier alpha value is -3.35. The molecule has 1 fully saturated rings. The van der Waals surface area contributed by atoms with Gasteiger partial charge in [-0.3, -0.25) is 9.59 Å². The van der Waals surface area contributed by atoms with Crippen LogP contribution in [0.4, 0.5) is 10.5 Å². The highest BCUT2D eigenvalue weighted by molar-refractivity contribution is 5.92. The SMILES string of the molecule is CC(C)(C)c1ccc(C[C@@H](CC(=O)N2CCC(N3Cc4ccccc4NC3=O)CC2)C(=O)O)cc1. The van der Waals surface area contributed by atoms with Gasteiger partial charge in [-0.05, 0) is 47.4 Å². The first-order chi connectivity index (χ1) is 16.6. The molecule has 0 unspecified atom stereocenters. The van der Waals surface area contributed by atoms with Crippen molar-refractivity contribution in [3.63, 3.8) is 0 Å². The summed E-state index contributed by atoms with van der Waals surface area (Å²) in [6.07, 6.45) is 1.69. The molecule has 2 aliphatic heterocycles. The molecule has 1 saturated heterocycles. The third-order valence-electron chi connectivity index (χ3n) is 7.19. The fourth-order valence-electron chi connectivity index (χ4n) is 4.96. The van der Waals surface area contributed by atoms with Gasteiger partial charge in [0.25, 0.3) is 0 Å². The van der Waals surface area contributed by atoms with Crippen molar-refractivity contribution in [2.24, 2.45) is 5.92 Å². The monoisotopic (exact) mass is 477 g/mol. The van der Waals surface area contributed by atoms with Crippen molar-refractivity contribution in [1.29, 1.82) is 0 Å². The lowest BCUT2D eigenvalue weighted by Gasteiger charge is -2.40. The second-order valence-electron chi connectivity index (χ2n) is 10.7. The van der Waals surface area contributed by atoms with E-state index in [0.29, 0.717) is 38.9 Å². The maximum absolute atomic E-state index is 13.0. The first-order valence-corrected chi connectivity index (χ1v) is 12.4. The second-order valence-corrected chi connectivity index (χ2v) is 10.7. The molecule has 4 rings (SSSR count). The van der Waals surface area contributed by atoms with Gasteiger partial charge in [-0.25, -0.2) is 4.79 Å². The van der Waals surface area contributed by atoms with Gasteiger partial charge in [-0.1, -0.05) is 63.2 Å². The number of amides is 3. The van der Waals surface area contributed by atoms with Crippen LogP contribution in [0.2, 0.25) is 0 Å². The molecule has 3 amide bonds. The molecular weight excluding hydrogens is 442 g/mol. The zero-order valence-electron chi connectivity index (χ0n) is 20.8. The van der Waals surface area contributed by atoms with Crippen molar-refractivity contribution < 1.29 is 19.5 Å². The molecule has 0 bridgehead atoms. The summed E-state index contributed by atoms with van der Waals surface area (Å²) in [5.41, 5.74) is 4.09. The van der Waals surface area contributed by atoms with Gasteiger partial charge in [-0.15, -0.1) is 0 Å². The highest BCUT2D eigenvalue weighted by Crippen LogP contribution is 2.28. The predicted molar refractivity (Wildman–Crippen MR) is 135 cm³/mol. The largest absolute Gasteiger partial charge is 0.481 e. The number of urea groups is 1. The molecule has 2 aromatic carbocycles. The lowest BCUT2D eigenvalue weighted by atomic mass is 9.86. The summed E-state index contributed by atoms with van der Waals surface area (Å²) >= 11 is 0. The van der Waals surface area contributed by atoms with Crippen LogP contribution in [0.3, 0.4) is 0 Å². The molecule has 0 saturated carbocycles. The van der Waals surface area contributed by atoms with E-state index in [0.717, 1.165) is 16.8 Å². The van der Waals surface area contributed by atoms with Crippen molar-refractivity contribution in [3.05, 3.63) is 65.2 Å². The summed E-state index contributed by atoms with van der Waals surface area (Å²) in [7, 11) is 0. The van der Waals surface area contributed by atoms with E-state index in [1.807, 2.05) is 53.4 Å². The molecule has 2 aromatic rings. The Morgan fingerprint density at radius 1 is 1.06 bits per heavy atom. The molecule has 0 spiro atoms. The smallest absolute Gasteiger partial charge is 0.322 e. The maximum atomic E-state index is 13.0. The third-order valence-corrected chi connectivity index (χ3v) is 7.19. The number of fused-ring (bicyclic) bond motifs is 1. The Labute approximate surface area is 207 Å². The number of likely N-dealkylation sites (tertiary alicyclic amines) is 1. The van der Waals surface area contributed by atoms with Gasteiger partial charge >= 0.3 is 12.0 Å². The van der Waals surface area contributed by atoms with Crippen LogP contribution in [0.5, 0.6) is 0 Å². The normalized spacial score (nSPS) is 17.5. The van der Waals surface area contributed by atoms with Crippen molar-refractivity contribution in [2.45, 2.75) is 64.5 Å².